The van der Waals surface area contributed by atoms with Gasteiger partial charge in [-0.15, -0.1) is 5.92 Å². The van der Waals surface area contributed by atoms with E-state index in [9.17, 15) is 5.11 Å². The third kappa shape index (κ3) is 4.64. The van der Waals surface area contributed by atoms with Crippen LogP contribution >= 0.6 is 0 Å². The average Bonchev–Trinajstić information content (AvgIpc) is 2.30. The molecule has 0 fully saturated rings. The summed E-state index contributed by atoms with van der Waals surface area (Å²) in [4.78, 5) is 0. The summed E-state index contributed by atoms with van der Waals surface area (Å²) in [7, 11) is 0. The van der Waals surface area contributed by atoms with Gasteiger partial charge in [-0.25, -0.2) is 0 Å². The van der Waals surface area contributed by atoms with Crippen LogP contribution in [-0.4, -0.2) is 16.8 Å². The average molecular weight is 204 g/mol. The molecule has 15 heavy (non-hydrogen) atoms. The van der Waals surface area contributed by atoms with E-state index in [0.29, 0.717) is 6.42 Å². The fraction of sp³-hybridized carbons (Fsp3) is 0.385. The molecule has 0 heterocycles. The van der Waals surface area contributed by atoms with Gasteiger partial charge in [0.25, 0.3) is 0 Å². The Balaban J connectivity index is 2.28. The van der Waals surface area contributed by atoms with E-state index in [4.69, 9.17) is 5.11 Å². The molecule has 1 aromatic carbocycles. The summed E-state index contributed by atoms with van der Waals surface area (Å²) < 4.78 is 0. The van der Waals surface area contributed by atoms with Gasteiger partial charge in [0.05, 0.1) is 6.10 Å². The van der Waals surface area contributed by atoms with E-state index in [0.717, 1.165) is 18.4 Å². The van der Waals surface area contributed by atoms with Crippen LogP contribution in [-0.2, 0) is 0 Å². The zero-order valence-corrected chi connectivity index (χ0v) is 8.69. The number of benzene rings is 1. The normalized spacial score (nSPS) is 11.6. The van der Waals surface area contributed by atoms with Crippen molar-refractivity contribution in [2.24, 2.45) is 0 Å². The molecule has 1 atom stereocenters. The summed E-state index contributed by atoms with van der Waals surface area (Å²) in [5.74, 6) is 5.42. The quantitative estimate of drug-likeness (QED) is 0.580. The van der Waals surface area contributed by atoms with Crippen LogP contribution in [0.2, 0.25) is 0 Å². The zero-order chi connectivity index (χ0) is 10.9. The summed E-state index contributed by atoms with van der Waals surface area (Å²) in [6.07, 6.45) is 1.89. The first-order chi connectivity index (χ1) is 7.34. The number of aliphatic hydroxyl groups excluding tert-OH is 2. The van der Waals surface area contributed by atoms with Gasteiger partial charge in [0.1, 0.15) is 6.61 Å². The minimum atomic E-state index is -0.401. The van der Waals surface area contributed by atoms with Crippen molar-refractivity contribution in [1.82, 2.24) is 0 Å². The molecule has 2 heteroatoms. The molecule has 0 aromatic heterocycles. The Kier molecular flexibility index (Phi) is 5.54. The second-order valence-electron chi connectivity index (χ2n) is 3.33. The minimum absolute atomic E-state index is 0.0821. The Morgan fingerprint density at radius 3 is 2.53 bits per heavy atom. The molecule has 2 nitrogen and oxygen atoms in total. The number of rotatable bonds is 4. The molecular weight excluding hydrogens is 188 g/mol. The Labute approximate surface area is 90.6 Å². The van der Waals surface area contributed by atoms with Crippen molar-refractivity contribution < 1.29 is 10.2 Å². The van der Waals surface area contributed by atoms with Gasteiger partial charge in [0, 0.05) is 6.42 Å². The third-order valence-electron chi connectivity index (χ3n) is 2.17. The standard InChI is InChI=1S/C13H16O2/c14-11-7-2-1-6-10-13(15)12-8-4-3-5-9-12/h3-5,8-9,13-15H,1,6,10-11H2. The van der Waals surface area contributed by atoms with Crippen LogP contribution in [0.5, 0.6) is 0 Å². The van der Waals surface area contributed by atoms with Gasteiger partial charge in [-0.2, -0.15) is 0 Å². The Bertz CT molecular complexity index is 321. The fourth-order valence-electron chi connectivity index (χ4n) is 1.37. The first kappa shape index (κ1) is 11.8. The highest BCUT2D eigenvalue weighted by atomic mass is 16.3. The predicted molar refractivity (Wildman–Crippen MR) is 60.1 cm³/mol. The highest BCUT2D eigenvalue weighted by molar-refractivity contribution is 5.17. The lowest BCUT2D eigenvalue weighted by Gasteiger charge is -2.08. The number of unbranched alkanes of at least 4 members (excludes halogenated alkanes) is 1. The molecule has 0 aliphatic carbocycles. The summed E-state index contributed by atoms with van der Waals surface area (Å²) in [6.45, 7) is -0.0821. The van der Waals surface area contributed by atoms with Gasteiger partial charge in [0.15, 0.2) is 0 Å². The molecule has 0 bridgehead atoms. The monoisotopic (exact) mass is 204 g/mol. The van der Waals surface area contributed by atoms with Crippen LogP contribution in [0.4, 0.5) is 0 Å². The van der Waals surface area contributed by atoms with Crippen molar-refractivity contribution in [3.63, 3.8) is 0 Å². The van der Waals surface area contributed by atoms with Crippen LogP contribution in [0.3, 0.4) is 0 Å². The highest BCUT2D eigenvalue weighted by Crippen LogP contribution is 2.18. The molecular formula is C13H16O2. The second kappa shape index (κ2) is 7.05. The van der Waals surface area contributed by atoms with E-state index >= 15 is 0 Å². The van der Waals surface area contributed by atoms with Crippen molar-refractivity contribution in [1.29, 1.82) is 0 Å². The first-order valence-electron chi connectivity index (χ1n) is 5.14. The molecule has 1 rings (SSSR count). The van der Waals surface area contributed by atoms with Gasteiger partial charge in [-0.3, -0.25) is 0 Å². The van der Waals surface area contributed by atoms with Crippen LogP contribution < -0.4 is 0 Å². The predicted octanol–water partition coefficient (Wildman–Crippen LogP) is 1.89. The maximum absolute atomic E-state index is 9.78. The fourth-order valence-corrected chi connectivity index (χ4v) is 1.37. The third-order valence-corrected chi connectivity index (χ3v) is 2.17. The van der Waals surface area contributed by atoms with Crippen molar-refractivity contribution >= 4 is 0 Å². The van der Waals surface area contributed by atoms with Crippen LogP contribution in [0.1, 0.15) is 30.9 Å². The molecule has 0 radical (unpaired) electrons. The maximum atomic E-state index is 9.78. The number of hydrogen-bond donors (Lipinski definition) is 2. The van der Waals surface area contributed by atoms with E-state index in [-0.39, 0.29) is 6.61 Å². The number of hydrogen-bond acceptors (Lipinski definition) is 2. The number of aliphatic hydroxyl groups is 2. The minimum Gasteiger partial charge on any atom is -0.388 e. The lowest BCUT2D eigenvalue weighted by molar-refractivity contribution is 0.165. The lowest BCUT2D eigenvalue weighted by Crippen LogP contribution is -1.96. The molecule has 0 spiro atoms. The Morgan fingerprint density at radius 2 is 1.87 bits per heavy atom. The summed E-state index contributed by atoms with van der Waals surface area (Å²) >= 11 is 0. The van der Waals surface area contributed by atoms with Crippen LogP contribution in [0, 0.1) is 11.8 Å². The molecule has 0 saturated heterocycles. The van der Waals surface area contributed by atoms with Crippen molar-refractivity contribution in [2.45, 2.75) is 25.4 Å². The van der Waals surface area contributed by atoms with Gasteiger partial charge >= 0.3 is 0 Å². The highest BCUT2D eigenvalue weighted by Gasteiger charge is 2.04. The summed E-state index contributed by atoms with van der Waals surface area (Å²) in [6, 6.07) is 9.62. The molecule has 0 aliphatic heterocycles. The van der Waals surface area contributed by atoms with Gasteiger partial charge < -0.3 is 10.2 Å². The van der Waals surface area contributed by atoms with E-state index in [2.05, 4.69) is 11.8 Å². The molecule has 1 unspecified atom stereocenters. The largest absolute Gasteiger partial charge is 0.388 e. The first-order valence-corrected chi connectivity index (χ1v) is 5.14. The Hall–Kier alpha value is -1.30. The molecule has 0 aliphatic rings. The maximum Gasteiger partial charge on any atom is 0.104 e. The van der Waals surface area contributed by atoms with Crippen LogP contribution in [0.25, 0.3) is 0 Å². The lowest BCUT2D eigenvalue weighted by atomic mass is 10.0. The summed E-state index contributed by atoms with van der Waals surface area (Å²) in [5.41, 5.74) is 0.951. The molecule has 0 saturated carbocycles. The van der Waals surface area contributed by atoms with E-state index < -0.39 is 6.10 Å². The zero-order valence-electron chi connectivity index (χ0n) is 8.69. The smallest absolute Gasteiger partial charge is 0.104 e. The van der Waals surface area contributed by atoms with E-state index in [1.54, 1.807) is 0 Å². The van der Waals surface area contributed by atoms with E-state index in [1.165, 1.54) is 0 Å². The van der Waals surface area contributed by atoms with Crippen molar-refractivity contribution in [2.75, 3.05) is 6.61 Å². The van der Waals surface area contributed by atoms with Crippen molar-refractivity contribution in [3.05, 3.63) is 35.9 Å². The molecule has 1 aromatic rings. The summed E-state index contributed by atoms with van der Waals surface area (Å²) in [5, 5.41) is 18.2. The van der Waals surface area contributed by atoms with Gasteiger partial charge in [-0.05, 0) is 18.4 Å². The van der Waals surface area contributed by atoms with Crippen molar-refractivity contribution in [3.8, 4) is 11.8 Å². The van der Waals surface area contributed by atoms with Crippen LogP contribution in [0.15, 0.2) is 30.3 Å². The Morgan fingerprint density at radius 1 is 1.13 bits per heavy atom. The topological polar surface area (TPSA) is 40.5 Å². The molecule has 80 valence electrons. The molecule has 0 amide bonds. The van der Waals surface area contributed by atoms with E-state index in [1.807, 2.05) is 30.3 Å². The van der Waals surface area contributed by atoms with Gasteiger partial charge in [0.2, 0.25) is 0 Å². The van der Waals surface area contributed by atoms with Gasteiger partial charge in [-0.1, -0.05) is 36.3 Å². The molecule has 2 N–H and O–H groups in total. The SMILES string of the molecule is OCC#CCCCC(O)c1ccccc1. The second-order valence-corrected chi connectivity index (χ2v) is 3.33.